The molecule has 2 unspecified atom stereocenters. The van der Waals surface area contributed by atoms with Gasteiger partial charge in [0, 0.05) is 18.8 Å². The van der Waals surface area contributed by atoms with E-state index in [1.165, 1.54) is 0 Å². The standard InChI is InChI=1S/C11H19N3O/c1-8(12)10-6-13-7-14(10)11(3)4-5-15-9(11)2/h6-9H,4-5,12H2,1-3H3/t8-,9?,11?/m1/s1. The summed E-state index contributed by atoms with van der Waals surface area (Å²) < 4.78 is 7.81. The number of rotatable bonds is 2. The Morgan fingerprint density at radius 2 is 2.47 bits per heavy atom. The minimum atomic E-state index is -0.000532. The highest BCUT2D eigenvalue weighted by Gasteiger charge is 2.39. The SMILES string of the molecule is CC1OCCC1(C)n1cncc1[C@@H](C)N. The van der Waals surface area contributed by atoms with Gasteiger partial charge < -0.3 is 15.0 Å². The zero-order valence-corrected chi connectivity index (χ0v) is 9.60. The number of imidazole rings is 1. The third kappa shape index (κ3) is 1.58. The quantitative estimate of drug-likeness (QED) is 0.801. The summed E-state index contributed by atoms with van der Waals surface area (Å²) in [6.45, 7) is 7.11. The van der Waals surface area contributed by atoms with Crippen molar-refractivity contribution in [3.05, 3.63) is 18.2 Å². The topological polar surface area (TPSA) is 53.1 Å². The molecule has 1 aliphatic rings. The van der Waals surface area contributed by atoms with Crippen LogP contribution in [0.25, 0.3) is 0 Å². The number of aromatic nitrogens is 2. The second-order valence-electron chi connectivity index (χ2n) is 4.60. The van der Waals surface area contributed by atoms with E-state index < -0.39 is 0 Å². The van der Waals surface area contributed by atoms with Crippen LogP contribution in [0.5, 0.6) is 0 Å². The monoisotopic (exact) mass is 209 g/mol. The number of hydrogen-bond acceptors (Lipinski definition) is 3. The normalized spacial score (nSPS) is 33.2. The van der Waals surface area contributed by atoms with Gasteiger partial charge in [0.15, 0.2) is 0 Å². The Bertz CT molecular complexity index is 347. The van der Waals surface area contributed by atoms with E-state index in [9.17, 15) is 0 Å². The van der Waals surface area contributed by atoms with Crippen LogP contribution in [0, 0.1) is 0 Å². The van der Waals surface area contributed by atoms with Crippen LogP contribution in [0.15, 0.2) is 12.5 Å². The number of nitrogens with zero attached hydrogens (tertiary/aromatic N) is 2. The lowest BCUT2D eigenvalue weighted by molar-refractivity contribution is 0.0745. The molecular formula is C11H19N3O. The molecule has 1 saturated heterocycles. The van der Waals surface area contributed by atoms with Crippen LogP contribution in [0.2, 0.25) is 0 Å². The summed E-state index contributed by atoms with van der Waals surface area (Å²) in [6, 6.07) is 0.0112. The molecule has 2 N–H and O–H groups in total. The molecule has 0 amide bonds. The number of ether oxygens (including phenoxy) is 1. The average Bonchev–Trinajstić information content (AvgIpc) is 2.75. The number of hydrogen-bond donors (Lipinski definition) is 1. The molecule has 84 valence electrons. The van der Waals surface area contributed by atoms with Crippen LogP contribution in [-0.4, -0.2) is 22.3 Å². The van der Waals surface area contributed by atoms with Gasteiger partial charge >= 0.3 is 0 Å². The molecule has 0 spiro atoms. The van der Waals surface area contributed by atoms with E-state index in [1.807, 2.05) is 19.4 Å². The van der Waals surface area contributed by atoms with Crippen LogP contribution in [0.1, 0.15) is 38.9 Å². The van der Waals surface area contributed by atoms with E-state index >= 15 is 0 Å². The molecule has 15 heavy (non-hydrogen) atoms. The van der Waals surface area contributed by atoms with Gasteiger partial charge in [-0.3, -0.25) is 0 Å². The Labute approximate surface area is 90.4 Å². The summed E-state index contributed by atoms with van der Waals surface area (Å²) in [4.78, 5) is 4.20. The average molecular weight is 209 g/mol. The Hall–Kier alpha value is -0.870. The van der Waals surface area contributed by atoms with Crippen LogP contribution >= 0.6 is 0 Å². The molecule has 1 aromatic heterocycles. The van der Waals surface area contributed by atoms with Crippen molar-refractivity contribution < 1.29 is 4.74 Å². The first-order chi connectivity index (χ1) is 7.05. The molecule has 0 aliphatic carbocycles. The molecule has 2 heterocycles. The first-order valence-electron chi connectivity index (χ1n) is 5.45. The highest BCUT2D eigenvalue weighted by molar-refractivity contribution is 5.09. The van der Waals surface area contributed by atoms with Crippen molar-refractivity contribution in [2.45, 2.75) is 44.9 Å². The molecular weight excluding hydrogens is 190 g/mol. The zero-order chi connectivity index (χ0) is 11.1. The second kappa shape index (κ2) is 3.61. The van der Waals surface area contributed by atoms with Gasteiger partial charge in [-0.1, -0.05) is 0 Å². The molecule has 2 rings (SSSR count). The van der Waals surface area contributed by atoms with Crippen LogP contribution in [0.4, 0.5) is 0 Å². The Kier molecular flexibility index (Phi) is 2.56. The van der Waals surface area contributed by atoms with Crippen molar-refractivity contribution in [2.75, 3.05) is 6.61 Å². The molecule has 4 heteroatoms. The van der Waals surface area contributed by atoms with E-state index in [-0.39, 0.29) is 17.7 Å². The smallest absolute Gasteiger partial charge is 0.0954 e. The molecule has 3 atom stereocenters. The molecule has 0 bridgehead atoms. The summed E-state index contributed by atoms with van der Waals surface area (Å²) in [5.74, 6) is 0. The van der Waals surface area contributed by atoms with Gasteiger partial charge in [-0.25, -0.2) is 4.98 Å². The Balaban J connectivity index is 2.40. The van der Waals surface area contributed by atoms with E-state index in [0.29, 0.717) is 0 Å². The molecule has 1 aromatic rings. The lowest BCUT2D eigenvalue weighted by Gasteiger charge is -2.31. The summed E-state index contributed by atoms with van der Waals surface area (Å²) in [7, 11) is 0. The maximum Gasteiger partial charge on any atom is 0.0954 e. The highest BCUT2D eigenvalue weighted by Crippen LogP contribution is 2.34. The van der Waals surface area contributed by atoms with Crippen LogP contribution in [0.3, 0.4) is 0 Å². The summed E-state index contributed by atoms with van der Waals surface area (Å²) in [5.41, 5.74) is 7.01. The minimum Gasteiger partial charge on any atom is -0.376 e. The van der Waals surface area contributed by atoms with Gasteiger partial charge in [0.25, 0.3) is 0 Å². The lowest BCUT2D eigenvalue weighted by Crippen LogP contribution is -2.38. The van der Waals surface area contributed by atoms with Crippen molar-refractivity contribution in [3.8, 4) is 0 Å². The summed E-state index contributed by atoms with van der Waals surface area (Å²) in [5, 5.41) is 0. The molecule has 0 saturated carbocycles. The van der Waals surface area contributed by atoms with E-state index in [4.69, 9.17) is 10.5 Å². The zero-order valence-electron chi connectivity index (χ0n) is 9.60. The third-order valence-electron chi connectivity index (χ3n) is 3.54. The van der Waals surface area contributed by atoms with E-state index in [2.05, 4.69) is 23.4 Å². The predicted octanol–water partition coefficient (Wildman–Crippen LogP) is 1.43. The minimum absolute atomic E-state index is 0.000532. The molecule has 1 fully saturated rings. The summed E-state index contributed by atoms with van der Waals surface area (Å²) >= 11 is 0. The second-order valence-corrected chi connectivity index (χ2v) is 4.60. The fourth-order valence-electron chi connectivity index (χ4n) is 2.21. The van der Waals surface area contributed by atoms with Gasteiger partial charge in [0.05, 0.1) is 23.7 Å². The van der Waals surface area contributed by atoms with Crippen LogP contribution < -0.4 is 5.73 Å². The predicted molar refractivity (Wildman–Crippen MR) is 58.5 cm³/mol. The third-order valence-corrected chi connectivity index (χ3v) is 3.54. The van der Waals surface area contributed by atoms with E-state index in [1.54, 1.807) is 0 Å². The van der Waals surface area contributed by atoms with Crippen LogP contribution in [-0.2, 0) is 10.3 Å². The van der Waals surface area contributed by atoms with Crippen molar-refractivity contribution >= 4 is 0 Å². The highest BCUT2D eigenvalue weighted by atomic mass is 16.5. The first-order valence-corrected chi connectivity index (χ1v) is 5.45. The summed E-state index contributed by atoms with van der Waals surface area (Å²) in [6.07, 6.45) is 4.94. The van der Waals surface area contributed by atoms with E-state index in [0.717, 1.165) is 18.7 Å². The van der Waals surface area contributed by atoms with Gasteiger partial charge in [-0.15, -0.1) is 0 Å². The van der Waals surface area contributed by atoms with Crippen molar-refractivity contribution in [1.29, 1.82) is 0 Å². The van der Waals surface area contributed by atoms with Gasteiger partial charge in [0.2, 0.25) is 0 Å². The fraction of sp³-hybridized carbons (Fsp3) is 0.727. The van der Waals surface area contributed by atoms with Gasteiger partial charge in [-0.2, -0.15) is 0 Å². The van der Waals surface area contributed by atoms with Crippen molar-refractivity contribution in [1.82, 2.24) is 9.55 Å². The molecule has 1 aliphatic heterocycles. The first kappa shape index (κ1) is 10.6. The van der Waals surface area contributed by atoms with Crippen molar-refractivity contribution in [2.24, 2.45) is 5.73 Å². The molecule has 0 radical (unpaired) electrons. The fourth-order valence-corrected chi connectivity index (χ4v) is 2.21. The number of nitrogens with two attached hydrogens (primary N) is 1. The molecule has 4 nitrogen and oxygen atoms in total. The molecule has 0 aromatic carbocycles. The Morgan fingerprint density at radius 1 is 1.73 bits per heavy atom. The largest absolute Gasteiger partial charge is 0.376 e. The van der Waals surface area contributed by atoms with Gasteiger partial charge in [-0.05, 0) is 27.2 Å². The van der Waals surface area contributed by atoms with Crippen molar-refractivity contribution in [3.63, 3.8) is 0 Å². The van der Waals surface area contributed by atoms with Gasteiger partial charge in [0.1, 0.15) is 0 Å². The lowest BCUT2D eigenvalue weighted by atomic mass is 9.93. The maximum atomic E-state index is 5.93. The Morgan fingerprint density at radius 3 is 3.00 bits per heavy atom. The maximum absolute atomic E-state index is 5.93.